The summed E-state index contributed by atoms with van der Waals surface area (Å²) < 4.78 is 0. The van der Waals surface area contributed by atoms with E-state index in [9.17, 15) is 0 Å². The van der Waals surface area contributed by atoms with Crippen molar-refractivity contribution in [2.24, 2.45) is 5.41 Å². The van der Waals surface area contributed by atoms with E-state index >= 15 is 0 Å². The van der Waals surface area contributed by atoms with Crippen LogP contribution >= 0.6 is 0 Å². The number of aliphatic hydroxyl groups excluding tert-OH is 1. The third-order valence-corrected chi connectivity index (χ3v) is 1.66. The fourth-order valence-corrected chi connectivity index (χ4v) is 1.02. The summed E-state index contributed by atoms with van der Waals surface area (Å²) in [4.78, 5) is 0. The van der Waals surface area contributed by atoms with Gasteiger partial charge in [-0.05, 0) is 20.3 Å². The lowest BCUT2D eigenvalue weighted by molar-refractivity contribution is 0.280. The first-order chi connectivity index (χ1) is 5.52. The van der Waals surface area contributed by atoms with E-state index in [1.54, 1.807) is 0 Å². The lowest BCUT2D eigenvalue weighted by Gasteiger charge is -2.15. The van der Waals surface area contributed by atoms with Gasteiger partial charge in [0.2, 0.25) is 0 Å². The van der Waals surface area contributed by atoms with Crippen molar-refractivity contribution in [3.05, 3.63) is 12.7 Å². The lowest BCUT2D eigenvalue weighted by Crippen LogP contribution is -2.08. The molecule has 0 aliphatic heterocycles. The summed E-state index contributed by atoms with van der Waals surface area (Å²) in [5.41, 5.74) is 0.0126. The second-order valence-corrected chi connectivity index (χ2v) is 3.58. The molecule has 0 aliphatic rings. The molecule has 0 heterocycles. The van der Waals surface area contributed by atoms with Gasteiger partial charge in [-0.1, -0.05) is 37.8 Å². The van der Waals surface area contributed by atoms with Gasteiger partial charge in [0.05, 0.1) is 0 Å². The highest BCUT2D eigenvalue weighted by Gasteiger charge is 2.11. The Morgan fingerprint density at radius 3 is 2.58 bits per heavy atom. The Balaban J connectivity index is 4.16. The molecule has 0 saturated heterocycles. The predicted octanol–water partition coefficient (Wildman–Crippen LogP) is 2.36. The second kappa shape index (κ2) is 5.00. The first-order valence-corrected chi connectivity index (χ1v) is 4.35. The largest absolute Gasteiger partial charge is 0.377 e. The molecule has 0 bridgehead atoms. The number of hydrogen-bond acceptors (Lipinski definition) is 1. The molecule has 0 fully saturated rings. The molecule has 0 rings (SSSR count). The molecule has 1 N–H and O–H groups in total. The first kappa shape index (κ1) is 11.3. The molecular formula is C11H18O. The number of rotatable bonds is 3. The quantitative estimate of drug-likeness (QED) is 0.504. The van der Waals surface area contributed by atoms with Gasteiger partial charge in [-0.2, -0.15) is 0 Å². The molecule has 0 aliphatic carbocycles. The summed E-state index contributed by atoms with van der Waals surface area (Å²) in [5.74, 6) is 5.78. The molecule has 0 amide bonds. The van der Waals surface area contributed by atoms with Crippen LogP contribution in [0.2, 0.25) is 0 Å². The van der Waals surface area contributed by atoms with Gasteiger partial charge in [0.1, 0.15) is 6.10 Å². The highest BCUT2D eigenvalue weighted by molar-refractivity contribution is 5.15. The van der Waals surface area contributed by atoms with E-state index in [0.717, 1.165) is 12.8 Å². The highest BCUT2D eigenvalue weighted by atomic mass is 16.3. The normalized spacial score (nSPS) is 13.0. The average molecular weight is 166 g/mol. The highest BCUT2D eigenvalue weighted by Crippen LogP contribution is 2.20. The Morgan fingerprint density at radius 2 is 2.17 bits per heavy atom. The zero-order valence-electron chi connectivity index (χ0n) is 8.22. The topological polar surface area (TPSA) is 20.2 Å². The predicted molar refractivity (Wildman–Crippen MR) is 52.7 cm³/mol. The summed E-state index contributed by atoms with van der Waals surface area (Å²) in [5, 5.41) is 9.10. The minimum Gasteiger partial charge on any atom is -0.377 e. The van der Waals surface area contributed by atoms with Gasteiger partial charge in [-0.15, -0.1) is 0 Å². The number of hydrogen-bond donors (Lipinski definition) is 1. The van der Waals surface area contributed by atoms with Gasteiger partial charge in [0.25, 0.3) is 0 Å². The fourth-order valence-electron chi connectivity index (χ4n) is 1.02. The molecule has 0 aromatic rings. The molecule has 0 saturated carbocycles. The summed E-state index contributed by atoms with van der Waals surface area (Å²) in [6.45, 7) is 9.75. The van der Waals surface area contributed by atoms with Crippen LogP contribution < -0.4 is 0 Å². The average Bonchev–Trinajstić information content (AvgIpc) is 2.00. The molecule has 0 spiro atoms. The SMILES string of the molecule is C=CC(O)C#CC(C)(C)CCC. The molecule has 0 aromatic heterocycles. The van der Waals surface area contributed by atoms with E-state index in [0.29, 0.717) is 0 Å². The molecule has 12 heavy (non-hydrogen) atoms. The van der Waals surface area contributed by atoms with Crippen molar-refractivity contribution >= 4 is 0 Å². The van der Waals surface area contributed by atoms with Crippen LogP contribution in [-0.2, 0) is 0 Å². The Hall–Kier alpha value is -0.740. The summed E-state index contributed by atoms with van der Waals surface area (Å²) in [6, 6.07) is 0. The van der Waals surface area contributed by atoms with Gasteiger partial charge in [0.15, 0.2) is 0 Å². The molecule has 1 nitrogen and oxygen atoms in total. The van der Waals surface area contributed by atoms with Crippen LogP contribution in [0.25, 0.3) is 0 Å². The fraction of sp³-hybridized carbons (Fsp3) is 0.636. The standard InChI is InChI=1S/C11H18O/c1-5-8-11(3,4)9-7-10(12)6-2/h6,10,12H,2,5,8H2,1,3-4H3. The van der Waals surface area contributed by atoms with Gasteiger partial charge >= 0.3 is 0 Å². The molecule has 1 atom stereocenters. The zero-order valence-corrected chi connectivity index (χ0v) is 8.22. The van der Waals surface area contributed by atoms with Crippen molar-refractivity contribution in [3.63, 3.8) is 0 Å². The van der Waals surface area contributed by atoms with Gasteiger partial charge in [-0.3, -0.25) is 0 Å². The van der Waals surface area contributed by atoms with Gasteiger partial charge < -0.3 is 5.11 Å². The summed E-state index contributed by atoms with van der Waals surface area (Å²) >= 11 is 0. The summed E-state index contributed by atoms with van der Waals surface area (Å²) in [6.07, 6.45) is 2.94. The lowest BCUT2D eigenvalue weighted by atomic mass is 9.89. The molecule has 1 unspecified atom stereocenters. The van der Waals surface area contributed by atoms with Crippen molar-refractivity contribution in [3.8, 4) is 11.8 Å². The third-order valence-electron chi connectivity index (χ3n) is 1.66. The Kier molecular flexibility index (Phi) is 4.70. The second-order valence-electron chi connectivity index (χ2n) is 3.58. The van der Waals surface area contributed by atoms with Crippen LogP contribution in [0.3, 0.4) is 0 Å². The van der Waals surface area contributed by atoms with Crippen molar-refractivity contribution in [1.29, 1.82) is 0 Å². The van der Waals surface area contributed by atoms with Crippen molar-refractivity contribution in [1.82, 2.24) is 0 Å². The summed E-state index contributed by atoms with van der Waals surface area (Å²) in [7, 11) is 0. The van der Waals surface area contributed by atoms with Crippen LogP contribution in [0.1, 0.15) is 33.6 Å². The van der Waals surface area contributed by atoms with E-state index in [2.05, 4.69) is 39.2 Å². The van der Waals surface area contributed by atoms with Gasteiger partial charge in [-0.25, -0.2) is 0 Å². The molecule has 1 heteroatoms. The molecular weight excluding hydrogens is 148 g/mol. The maximum absolute atomic E-state index is 9.10. The van der Waals surface area contributed by atoms with E-state index in [1.165, 1.54) is 6.08 Å². The van der Waals surface area contributed by atoms with Crippen LogP contribution in [-0.4, -0.2) is 11.2 Å². The van der Waals surface area contributed by atoms with Crippen LogP contribution in [0.5, 0.6) is 0 Å². The minimum atomic E-state index is -0.680. The van der Waals surface area contributed by atoms with Crippen molar-refractivity contribution < 1.29 is 5.11 Å². The van der Waals surface area contributed by atoms with E-state index in [1.807, 2.05) is 0 Å². The third kappa shape index (κ3) is 4.98. The van der Waals surface area contributed by atoms with Crippen LogP contribution in [0, 0.1) is 17.3 Å². The molecule has 0 aromatic carbocycles. The smallest absolute Gasteiger partial charge is 0.133 e. The monoisotopic (exact) mass is 166 g/mol. The van der Waals surface area contributed by atoms with Crippen molar-refractivity contribution in [2.75, 3.05) is 0 Å². The molecule has 0 radical (unpaired) electrons. The van der Waals surface area contributed by atoms with E-state index in [4.69, 9.17) is 5.11 Å². The Bertz CT molecular complexity index is 193. The first-order valence-electron chi connectivity index (χ1n) is 4.35. The van der Waals surface area contributed by atoms with E-state index < -0.39 is 6.10 Å². The van der Waals surface area contributed by atoms with Crippen LogP contribution in [0.15, 0.2) is 12.7 Å². The molecule has 68 valence electrons. The maximum atomic E-state index is 9.10. The number of aliphatic hydroxyl groups is 1. The van der Waals surface area contributed by atoms with Crippen LogP contribution in [0.4, 0.5) is 0 Å². The van der Waals surface area contributed by atoms with E-state index in [-0.39, 0.29) is 5.41 Å². The zero-order chi connectivity index (χ0) is 9.61. The minimum absolute atomic E-state index is 0.0126. The maximum Gasteiger partial charge on any atom is 0.133 e. The van der Waals surface area contributed by atoms with Crippen molar-refractivity contribution in [2.45, 2.75) is 39.7 Å². The Morgan fingerprint density at radius 1 is 1.58 bits per heavy atom. The Labute approximate surface area is 75.5 Å². The van der Waals surface area contributed by atoms with Gasteiger partial charge in [0, 0.05) is 5.41 Å².